The van der Waals surface area contributed by atoms with Crippen LogP contribution < -0.4 is 0 Å². The zero-order valence-electron chi connectivity index (χ0n) is 12.2. The third kappa shape index (κ3) is 3.70. The van der Waals surface area contributed by atoms with Crippen LogP contribution in [0.25, 0.3) is 0 Å². The molecule has 0 spiro atoms. The number of benzene rings is 2. The van der Waals surface area contributed by atoms with Gasteiger partial charge in [0, 0.05) is 17.2 Å². The predicted molar refractivity (Wildman–Crippen MR) is 80.6 cm³/mol. The largest absolute Gasteiger partial charge is 0.507 e. The van der Waals surface area contributed by atoms with Crippen LogP contribution in [-0.2, 0) is 4.74 Å². The topological polar surface area (TPSA) is 107 Å². The second kappa shape index (κ2) is 6.69. The molecule has 0 bridgehead atoms. The fourth-order valence-corrected chi connectivity index (χ4v) is 1.92. The number of nitrogens with zero attached hydrogens (tertiary/aromatic N) is 1. The van der Waals surface area contributed by atoms with Gasteiger partial charge in [-0.25, -0.2) is 4.79 Å². The van der Waals surface area contributed by atoms with Gasteiger partial charge in [-0.2, -0.15) is 0 Å². The highest BCUT2D eigenvalue weighted by Gasteiger charge is 2.18. The molecule has 23 heavy (non-hydrogen) atoms. The lowest BCUT2D eigenvalue weighted by atomic mass is 10.1. The van der Waals surface area contributed by atoms with Gasteiger partial charge in [0.25, 0.3) is 5.69 Å². The molecule has 0 unspecified atom stereocenters. The van der Waals surface area contributed by atoms with Crippen molar-refractivity contribution >= 4 is 17.4 Å². The number of carbonyl (C=O) groups is 2. The van der Waals surface area contributed by atoms with Crippen LogP contribution in [0.1, 0.15) is 26.3 Å². The van der Waals surface area contributed by atoms with E-state index in [1.165, 1.54) is 24.3 Å². The fourth-order valence-electron chi connectivity index (χ4n) is 1.92. The zero-order chi connectivity index (χ0) is 17.0. The third-order valence-electron chi connectivity index (χ3n) is 3.19. The molecule has 1 N–H and O–H groups in total. The molecule has 2 aromatic carbocycles. The van der Waals surface area contributed by atoms with Crippen molar-refractivity contribution in [1.82, 2.24) is 0 Å². The first-order valence-electron chi connectivity index (χ1n) is 6.63. The number of para-hydroxylation sites is 1. The van der Waals surface area contributed by atoms with Gasteiger partial charge in [-0.1, -0.05) is 24.3 Å². The molecule has 0 fully saturated rings. The Morgan fingerprint density at radius 2 is 1.91 bits per heavy atom. The molecular formula is C16H13NO6. The summed E-state index contributed by atoms with van der Waals surface area (Å²) >= 11 is 0. The maximum atomic E-state index is 12.0. The number of phenolic OH excluding ortho intramolecular Hbond substituents is 1. The Bertz CT molecular complexity index is 784. The number of esters is 1. The summed E-state index contributed by atoms with van der Waals surface area (Å²) in [6, 6.07) is 9.80. The van der Waals surface area contributed by atoms with Gasteiger partial charge in [-0.15, -0.1) is 0 Å². The summed E-state index contributed by atoms with van der Waals surface area (Å²) in [6.07, 6.45) is 0. The van der Waals surface area contributed by atoms with E-state index in [2.05, 4.69) is 0 Å². The predicted octanol–water partition coefficient (Wildman–Crippen LogP) is 2.65. The Morgan fingerprint density at radius 1 is 1.22 bits per heavy atom. The average Bonchev–Trinajstić information content (AvgIpc) is 2.52. The number of hydrogen-bond acceptors (Lipinski definition) is 6. The number of carbonyl (C=O) groups excluding carboxylic acids is 2. The summed E-state index contributed by atoms with van der Waals surface area (Å²) in [5, 5.41) is 20.4. The van der Waals surface area contributed by atoms with Crippen molar-refractivity contribution in [2.24, 2.45) is 0 Å². The first-order valence-corrected chi connectivity index (χ1v) is 6.63. The van der Waals surface area contributed by atoms with E-state index in [1.807, 2.05) is 0 Å². The van der Waals surface area contributed by atoms with Crippen molar-refractivity contribution in [3.8, 4) is 5.75 Å². The van der Waals surface area contributed by atoms with E-state index in [9.17, 15) is 24.8 Å². The van der Waals surface area contributed by atoms with Crippen molar-refractivity contribution in [1.29, 1.82) is 0 Å². The first-order chi connectivity index (χ1) is 10.9. The molecule has 0 aliphatic carbocycles. The quantitative estimate of drug-likeness (QED) is 0.393. The van der Waals surface area contributed by atoms with Gasteiger partial charge >= 0.3 is 5.97 Å². The highest BCUT2D eigenvalue weighted by Crippen LogP contribution is 2.20. The van der Waals surface area contributed by atoms with E-state index < -0.39 is 23.3 Å². The van der Waals surface area contributed by atoms with Crippen molar-refractivity contribution < 1.29 is 24.4 Å². The standard InChI is InChI=1S/C16H13NO6/c1-10-6-7-11(8-13(10)17(21)22)15(19)9-23-16(20)12-4-2-3-5-14(12)18/h2-8,18H,9H2,1H3. The van der Waals surface area contributed by atoms with Gasteiger partial charge in [-0.05, 0) is 19.1 Å². The second-order valence-electron chi connectivity index (χ2n) is 4.77. The molecule has 0 amide bonds. The highest BCUT2D eigenvalue weighted by molar-refractivity contribution is 6.00. The molecule has 0 aliphatic heterocycles. The van der Waals surface area contributed by atoms with Crippen molar-refractivity contribution in [2.75, 3.05) is 6.61 Å². The summed E-state index contributed by atoms with van der Waals surface area (Å²) < 4.78 is 4.84. The minimum atomic E-state index is -0.849. The van der Waals surface area contributed by atoms with E-state index in [0.29, 0.717) is 5.56 Å². The molecule has 0 radical (unpaired) electrons. The van der Waals surface area contributed by atoms with Gasteiger partial charge in [0.15, 0.2) is 6.61 Å². The Morgan fingerprint density at radius 3 is 2.57 bits per heavy atom. The van der Waals surface area contributed by atoms with Crippen LogP contribution in [-0.4, -0.2) is 28.4 Å². The normalized spacial score (nSPS) is 10.1. The summed E-state index contributed by atoms with van der Waals surface area (Å²) in [5.74, 6) is -1.68. The number of aryl methyl sites for hydroxylation is 1. The number of aromatic hydroxyl groups is 1. The van der Waals surface area contributed by atoms with E-state index in [4.69, 9.17) is 4.74 Å². The summed E-state index contributed by atoms with van der Waals surface area (Å²) in [4.78, 5) is 34.1. The van der Waals surface area contributed by atoms with Gasteiger partial charge < -0.3 is 9.84 Å². The van der Waals surface area contributed by atoms with Crippen LogP contribution in [0, 0.1) is 17.0 Å². The van der Waals surface area contributed by atoms with Crippen LogP contribution in [0.5, 0.6) is 5.75 Å². The van der Waals surface area contributed by atoms with E-state index in [-0.39, 0.29) is 22.6 Å². The van der Waals surface area contributed by atoms with Crippen LogP contribution in [0.15, 0.2) is 42.5 Å². The fraction of sp³-hybridized carbons (Fsp3) is 0.125. The molecule has 2 aromatic rings. The summed E-state index contributed by atoms with van der Waals surface area (Å²) in [6.45, 7) is 0.984. The SMILES string of the molecule is Cc1ccc(C(=O)COC(=O)c2ccccc2O)cc1[N+](=O)[O-]. The van der Waals surface area contributed by atoms with E-state index >= 15 is 0 Å². The van der Waals surface area contributed by atoms with E-state index in [1.54, 1.807) is 19.1 Å². The lowest BCUT2D eigenvalue weighted by Gasteiger charge is -2.06. The van der Waals surface area contributed by atoms with Crippen LogP contribution in [0.3, 0.4) is 0 Å². The molecule has 0 atom stereocenters. The summed E-state index contributed by atoms with van der Waals surface area (Å²) in [7, 11) is 0. The molecule has 0 saturated heterocycles. The number of ether oxygens (including phenoxy) is 1. The first kappa shape index (κ1) is 16.2. The number of Topliss-reactive ketones (excluding diaryl/α,β-unsaturated/α-hetero) is 1. The molecule has 118 valence electrons. The highest BCUT2D eigenvalue weighted by atomic mass is 16.6. The molecule has 7 nitrogen and oxygen atoms in total. The maximum absolute atomic E-state index is 12.0. The maximum Gasteiger partial charge on any atom is 0.342 e. The Balaban J connectivity index is 2.08. The lowest BCUT2D eigenvalue weighted by molar-refractivity contribution is -0.385. The monoisotopic (exact) mass is 315 g/mol. The Labute approximate surface area is 131 Å². The van der Waals surface area contributed by atoms with Crippen molar-refractivity contribution in [2.45, 2.75) is 6.92 Å². The number of nitro benzene ring substituents is 1. The zero-order valence-corrected chi connectivity index (χ0v) is 12.2. The smallest absolute Gasteiger partial charge is 0.342 e. The average molecular weight is 315 g/mol. The van der Waals surface area contributed by atoms with Gasteiger partial charge in [-0.3, -0.25) is 14.9 Å². The number of phenols is 1. The summed E-state index contributed by atoms with van der Waals surface area (Å²) in [5.41, 5.74) is 0.267. The molecule has 0 aliphatic rings. The minimum Gasteiger partial charge on any atom is -0.507 e. The number of ketones is 1. The molecular weight excluding hydrogens is 302 g/mol. The van der Waals surface area contributed by atoms with Crippen LogP contribution >= 0.6 is 0 Å². The van der Waals surface area contributed by atoms with Gasteiger partial charge in [0.1, 0.15) is 11.3 Å². The molecule has 0 heterocycles. The van der Waals surface area contributed by atoms with Gasteiger partial charge in [0.05, 0.1) is 4.92 Å². The molecule has 2 rings (SSSR count). The number of rotatable bonds is 5. The third-order valence-corrected chi connectivity index (χ3v) is 3.19. The van der Waals surface area contributed by atoms with Gasteiger partial charge in [0.2, 0.25) is 5.78 Å². The Kier molecular flexibility index (Phi) is 4.70. The number of nitro groups is 1. The Hall–Kier alpha value is -3.22. The second-order valence-corrected chi connectivity index (χ2v) is 4.77. The minimum absolute atomic E-state index is 0.0600. The molecule has 0 saturated carbocycles. The lowest BCUT2D eigenvalue weighted by Crippen LogP contribution is -2.14. The molecule has 7 heteroatoms. The molecule has 0 aromatic heterocycles. The van der Waals surface area contributed by atoms with Crippen molar-refractivity contribution in [3.05, 3.63) is 69.3 Å². The number of hydrogen-bond donors (Lipinski definition) is 1. The van der Waals surface area contributed by atoms with Crippen LogP contribution in [0.4, 0.5) is 5.69 Å². The van der Waals surface area contributed by atoms with Crippen molar-refractivity contribution in [3.63, 3.8) is 0 Å². The van der Waals surface area contributed by atoms with E-state index in [0.717, 1.165) is 6.07 Å². The van der Waals surface area contributed by atoms with Crippen LogP contribution in [0.2, 0.25) is 0 Å².